The van der Waals surface area contributed by atoms with Crippen LogP contribution in [0, 0.1) is 0 Å². The smallest absolute Gasteiger partial charge is 0.314 e. The molecule has 2 aliphatic heterocycles. The van der Waals surface area contributed by atoms with Gasteiger partial charge in [-0.05, 0) is 43.4 Å². The van der Waals surface area contributed by atoms with Crippen LogP contribution < -0.4 is 16.0 Å². The first-order valence-electron chi connectivity index (χ1n) is 11.8. The van der Waals surface area contributed by atoms with E-state index in [-0.39, 0.29) is 30.5 Å². The second kappa shape index (κ2) is 10.5. The van der Waals surface area contributed by atoms with E-state index in [0.717, 1.165) is 16.9 Å². The van der Waals surface area contributed by atoms with Gasteiger partial charge < -0.3 is 10.6 Å². The number of rotatable bonds is 8. The maximum atomic E-state index is 12.9. The molecular formula is C24H26N6O6. The quantitative estimate of drug-likeness (QED) is 0.272. The van der Waals surface area contributed by atoms with Crippen LogP contribution >= 0.6 is 0 Å². The summed E-state index contributed by atoms with van der Waals surface area (Å²) in [5.74, 6) is -3.33. The minimum absolute atomic E-state index is 0.0567. The number of carbonyl (C=O) groups is 6. The van der Waals surface area contributed by atoms with Gasteiger partial charge in [-0.1, -0.05) is 13.0 Å². The summed E-state index contributed by atoms with van der Waals surface area (Å²) in [7, 11) is 0. The topological polar surface area (TPSA) is 160 Å². The van der Waals surface area contributed by atoms with Gasteiger partial charge >= 0.3 is 11.8 Å². The summed E-state index contributed by atoms with van der Waals surface area (Å²) in [5, 5.41) is 11.4. The van der Waals surface area contributed by atoms with Gasteiger partial charge in [0.15, 0.2) is 0 Å². The zero-order chi connectivity index (χ0) is 25.8. The maximum absolute atomic E-state index is 12.9. The number of hydrogen-bond donors (Lipinski definition) is 3. The van der Waals surface area contributed by atoms with E-state index in [4.69, 9.17) is 0 Å². The molecule has 1 atom stereocenters. The Balaban J connectivity index is 1.29. The minimum Gasteiger partial charge on any atom is -0.348 e. The molecule has 36 heavy (non-hydrogen) atoms. The first kappa shape index (κ1) is 24.8. The molecule has 1 aromatic heterocycles. The molecule has 12 nitrogen and oxygen atoms in total. The van der Waals surface area contributed by atoms with E-state index in [1.807, 2.05) is 6.92 Å². The number of hydrogen-bond acceptors (Lipinski definition) is 7. The summed E-state index contributed by atoms with van der Waals surface area (Å²) in [6.07, 6.45) is 3.50. The zero-order valence-corrected chi connectivity index (χ0v) is 19.7. The molecule has 4 rings (SSSR count). The highest BCUT2D eigenvalue weighted by Crippen LogP contribution is 2.28. The Hall–Kier alpha value is -4.35. The Morgan fingerprint density at radius 3 is 2.61 bits per heavy atom. The highest BCUT2D eigenvalue weighted by atomic mass is 16.2. The van der Waals surface area contributed by atoms with Crippen molar-refractivity contribution >= 4 is 41.3 Å². The van der Waals surface area contributed by atoms with Crippen molar-refractivity contribution in [2.24, 2.45) is 0 Å². The predicted octanol–water partition coefficient (Wildman–Crippen LogP) is 0.382. The molecule has 1 fully saturated rings. The first-order valence-corrected chi connectivity index (χ1v) is 11.8. The Labute approximate surface area is 206 Å². The third-order valence-corrected chi connectivity index (χ3v) is 6.03. The van der Waals surface area contributed by atoms with Crippen molar-refractivity contribution in [3.63, 3.8) is 0 Å². The molecule has 12 heteroatoms. The molecule has 3 heterocycles. The number of anilines is 1. The average molecular weight is 495 g/mol. The Kier molecular flexibility index (Phi) is 7.23. The zero-order valence-electron chi connectivity index (χ0n) is 19.7. The van der Waals surface area contributed by atoms with E-state index >= 15 is 0 Å². The summed E-state index contributed by atoms with van der Waals surface area (Å²) < 4.78 is 1.60. The van der Waals surface area contributed by atoms with Gasteiger partial charge in [-0.15, -0.1) is 0 Å². The number of aryl methyl sites for hydroxylation is 2. The summed E-state index contributed by atoms with van der Waals surface area (Å²) >= 11 is 0. The fraction of sp³-hybridized carbons (Fsp3) is 0.375. The molecule has 3 N–H and O–H groups in total. The standard InChI is InChI=1S/C24H26N6O6/c1-2-12-29-18(9-11-26-29)27-22(34)21(33)25-10-3-4-14-5-6-15-16(13-14)24(36)30(23(15)35)17-7-8-19(31)28-20(17)32/h5-6,9,11,13,17H,2-4,7-8,10,12H2,1H3,(H,25,33)(H,27,34)(H,28,31,32). The Bertz CT molecular complexity index is 1250. The lowest BCUT2D eigenvalue weighted by molar-refractivity contribution is -0.136. The number of amides is 6. The second-order valence-corrected chi connectivity index (χ2v) is 8.58. The molecule has 188 valence electrons. The van der Waals surface area contributed by atoms with E-state index in [2.05, 4.69) is 21.0 Å². The lowest BCUT2D eigenvalue weighted by atomic mass is 10.0. The van der Waals surface area contributed by atoms with Crippen LogP contribution in [-0.4, -0.2) is 62.7 Å². The highest BCUT2D eigenvalue weighted by molar-refractivity contribution is 6.39. The lowest BCUT2D eigenvalue weighted by Gasteiger charge is -2.27. The number of nitrogens with zero attached hydrogens (tertiary/aromatic N) is 3. The van der Waals surface area contributed by atoms with Crippen molar-refractivity contribution in [1.82, 2.24) is 25.3 Å². The van der Waals surface area contributed by atoms with Gasteiger partial charge in [0.05, 0.1) is 17.3 Å². The molecule has 6 amide bonds. The molecule has 2 aliphatic rings. The van der Waals surface area contributed by atoms with Crippen molar-refractivity contribution in [1.29, 1.82) is 0 Å². The largest absolute Gasteiger partial charge is 0.348 e. The number of aromatic nitrogens is 2. The maximum Gasteiger partial charge on any atom is 0.314 e. The van der Waals surface area contributed by atoms with Crippen LogP contribution in [0.4, 0.5) is 5.82 Å². The normalized spacial score (nSPS) is 17.1. The van der Waals surface area contributed by atoms with Gasteiger partial charge in [0.25, 0.3) is 11.8 Å². The third kappa shape index (κ3) is 5.02. The molecule has 0 radical (unpaired) electrons. The SMILES string of the molecule is CCCn1nccc1NC(=O)C(=O)NCCCc1ccc2c(c1)C(=O)N(C1CCC(=O)NC1=O)C2=O. The highest BCUT2D eigenvalue weighted by Gasteiger charge is 2.44. The molecule has 0 aliphatic carbocycles. The van der Waals surface area contributed by atoms with E-state index in [1.54, 1.807) is 35.1 Å². The van der Waals surface area contributed by atoms with E-state index in [1.165, 1.54) is 0 Å². The van der Waals surface area contributed by atoms with Crippen molar-refractivity contribution in [2.75, 3.05) is 11.9 Å². The molecule has 0 saturated carbocycles. The average Bonchev–Trinajstić information content (AvgIpc) is 3.38. The van der Waals surface area contributed by atoms with Crippen molar-refractivity contribution in [3.8, 4) is 0 Å². The fourth-order valence-corrected chi connectivity index (χ4v) is 4.25. The number of fused-ring (bicyclic) bond motifs is 1. The van der Waals surface area contributed by atoms with Gasteiger partial charge in [0.2, 0.25) is 11.8 Å². The van der Waals surface area contributed by atoms with Gasteiger partial charge in [0, 0.05) is 25.6 Å². The number of benzene rings is 1. The van der Waals surface area contributed by atoms with Gasteiger partial charge in [-0.25, -0.2) is 4.68 Å². The van der Waals surface area contributed by atoms with Gasteiger partial charge in [0.1, 0.15) is 11.9 Å². The molecular weight excluding hydrogens is 468 g/mol. The lowest BCUT2D eigenvalue weighted by Crippen LogP contribution is -2.54. The van der Waals surface area contributed by atoms with Crippen LogP contribution in [0.5, 0.6) is 0 Å². The van der Waals surface area contributed by atoms with Crippen molar-refractivity contribution in [3.05, 3.63) is 47.2 Å². The molecule has 0 bridgehead atoms. The number of imide groups is 2. The monoisotopic (exact) mass is 494 g/mol. The molecule has 0 spiro atoms. The molecule has 2 aromatic rings. The van der Waals surface area contributed by atoms with Crippen molar-refractivity contribution < 1.29 is 28.8 Å². The molecule has 1 saturated heterocycles. The van der Waals surface area contributed by atoms with Crippen LogP contribution in [0.15, 0.2) is 30.5 Å². The van der Waals surface area contributed by atoms with Crippen LogP contribution in [0.25, 0.3) is 0 Å². The molecule has 1 aromatic carbocycles. The van der Waals surface area contributed by atoms with Gasteiger partial charge in [-0.3, -0.25) is 39.0 Å². The predicted molar refractivity (Wildman–Crippen MR) is 126 cm³/mol. The number of nitrogens with one attached hydrogen (secondary N) is 3. The third-order valence-electron chi connectivity index (χ3n) is 6.03. The number of carbonyl (C=O) groups excluding carboxylic acids is 6. The Morgan fingerprint density at radius 2 is 1.86 bits per heavy atom. The summed E-state index contributed by atoms with van der Waals surface area (Å²) in [6.45, 7) is 2.82. The van der Waals surface area contributed by atoms with Gasteiger partial charge in [-0.2, -0.15) is 5.10 Å². The second-order valence-electron chi connectivity index (χ2n) is 8.58. The Morgan fingerprint density at radius 1 is 1.08 bits per heavy atom. The van der Waals surface area contributed by atoms with E-state index < -0.39 is 41.5 Å². The van der Waals surface area contributed by atoms with Crippen LogP contribution in [0.2, 0.25) is 0 Å². The summed E-state index contributed by atoms with van der Waals surface area (Å²) in [4.78, 5) is 74.4. The van der Waals surface area contributed by atoms with Crippen molar-refractivity contribution in [2.45, 2.75) is 51.6 Å². The fourth-order valence-electron chi connectivity index (χ4n) is 4.25. The summed E-state index contributed by atoms with van der Waals surface area (Å²) in [6, 6.07) is 5.46. The van der Waals surface area contributed by atoms with Crippen LogP contribution in [-0.2, 0) is 32.1 Å². The summed E-state index contributed by atoms with van der Waals surface area (Å²) in [5.41, 5.74) is 1.18. The first-order chi connectivity index (χ1) is 17.3. The molecule has 1 unspecified atom stereocenters. The van der Waals surface area contributed by atoms with E-state index in [0.29, 0.717) is 25.2 Å². The number of piperidine rings is 1. The minimum atomic E-state index is -1.01. The van der Waals surface area contributed by atoms with E-state index in [9.17, 15) is 28.8 Å². The van der Waals surface area contributed by atoms with Crippen LogP contribution in [0.1, 0.15) is 58.9 Å². The van der Waals surface area contributed by atoms with Crippen LogP contribution in [0.3, 0.4) is 0 Å².